The van der Waals surface area contributed by atoms with Gasteiger partial charge in [-0.05, 0) is 38.0 Å². The molecule has 0 bridgehead atoms. The lowest BCUT2D eigenvalue weighted by atomic mass is 9.78. The number of hydrogen-bond donors (Lipinski definition) is 1. The summed E-state index contributed by atoms with van der Waals surface area (Å²) in [4.78, 5) is 48.5. The molecule has 2 fully saturated rings. The highest BCUT2D eigenvalue weighted by atomic mass is 32.2. The van der Waals surface area contributed by atoms with Gasteiger partial charge in [0, 0.05) is 30.1 Å². The van der Waals surface area contributed by atoms with Crippen molar-refractivity contribution in [2.24, 2.45) is 11.8 Å². The minimum Gasteiger partial charge on any atom is -0.394 e. The average Bonchev–Trinajstić information content (AvgIpc) is 3.28. The number of likely N-dealkylation sites (tertiary alicyclic amines) is 1. The largest absolute Gasteiger partial charge is 0.394 e. The summed E-state index contributed by atoms with van der Waals surface area (Å²) in [5.41, 5.74) is 1.77. The molecule has 2 aromatic rings. The topological polar surface area (TPSA) is 81.2 Å². The number of aliphatic hydroxyl groups is 1. The predicted octanol–water partition coefficient (Wildman–Crippen LogP) is 3.30. The Bertz CT molecular complexity index is 1350. The van der Waals surface area contributed by atoms with E-state index in [0.29, 0.717) is 19.5 Å². The Balaban J connectivity index is 1.46. The minimum absolute atomic E-state index is 0.0583. The van der Waals surface area contributed by atoms with E-state index in [2.05, 4.69) is 6.08 Å². The summed E-state index contributed by atoms with van der Waals surface area (Å²) < 4.78 is -0.906. The summed E-state index contributed by atoms with van der Waals surface area (Å²) in [6.45, 7) is 4.56. The standard InChI is InChI=1S/C32H35N3O4S/c1-21(2)33-18-10-16-32-27(26-25(40-32)15-9-17-34(29(26)37)23-13-7-4-8-14-23)30(38)35(28(32)31(33)39)24(20-36)19-22-11-5-3-6-12-22/h3-16,21,24-28,36H,17-20H2,1-2H3/t24-,25-,26+,27+,28?,32+/m1/s1. The van der Waals surface area contributed by atoms with Crippen LogP contribution in [0.4, 0.5) is 5.69 Å². The fraction of sp³-hybridized carbons (Fsp3) is 0.406. The third-order valence-electron chi connectivity index (χ3n) is 8.74. The van der Waals surface area contributed by atoms with E-state index in [1.807, 2.05) is 92.7 Å². The van der Waals surface area contributed by atoms with E-state index in [4.69, 9.17) is 0 Å². The molecule has 4 aliphatic heterocycles. The molecule has 2 saturated heterocycles. The highest BCUT2D eigenvalue weighted by Gasteiger charge is 2.71. The number of carbonyl (C=O) groups excluding carboxylic acids is 3. The van der Waals surface area contributed by atoms with Crippen LogP contribution in [0.2, 0.25) is 0 Å². The van der Waals surface area contributed by atoms with Gasteiger partial charge in [-0.1, -0.05) is 72.8 Å². The number of hydrogen-bond acceptors (Lipinski definition) is 5. The van der Waals surface area contributed by atoms with Crippen molar-refractivity contribution in [3.63, 3.8) is 0 Å². The summed E-state index contributed by atoms with van der Waals surface area (Å²) in [5, 5.41) is 10.4. The van der Waals surface area contributed by atoms with Crippen molar-refractivity contribution in [3.05, 3.63) is 90.5 Å². The normalized spacial score (nSPS) is 30.3. The number of aliphatic hydroxyl groups excluding tert-OH is 1. The number of para-hydroxylation sites is 1. The van der Waals surface area contributed by atoms with E-state index in [0.717, 1.165) is 11.3 Å². The molecule has 1 unspecified atom stereocenters. The fourth-order valence-corrected chi connectivity index (χ4v) is 8.92. The van der Waals surface area contributed by atoms with Gasteiger partial charge in [-0.2, -0.15) is 0 Å². The minimum atomic E-state index is -0.906. The third-order valence-corrected chi connectivity index (χ3v) is 10.5. The number of thioether (sulfide) groups is 1. The van der Waals surface area contributed by atoms with Gasteiger partial charge in [0.15, 0.2) is 0 Å². The van der Waals surface area contributed by atoms with Gasteiger partial charge in [0.2, 0.25) is 17.7 Å². The number of anilines is 1. The second-order valence-electron chi connectivity index (χ2n) is 11.3. The van der Waals surface area contributed by atoms with Crippen molar-refractivity contribution < 1.29 is 19.5 Å². The number of rotatable bonds is 6. The zero-order valence-corrected chi connectivity index (χ0v) is 23.6. The second kappa shape index (κ2) is 10.6. The van der Waals surface area contributed by atoms with E-state index in [9.17, 15) is 19.5 Å². The van der Waals surface area contributed by atoms with Crippen molar-refractivity contribution in [2.75, 3.05) is 24.6 Å². The van der Waals surface area contributed by atoms with Crippen molar-refractivity contribution in [1.29, 1.82) is 0 Å². The Labute approximate surface area is 239 Å². The SMILES string of the molecule is CC(C)N1CC=C[C@]23S[C@@H]4C=CCN(c5ccccc5)C(=O)[C@@H]4[C@H]2C(=O)N([C@@H](CO)Cc2ccccc2)C3C1=O. The summed E-state index contributed by atoms with van der Waals surface area (Å²) in [6, 6.07) is 17.8. The van der Waals surface area contributed by atoms with Crippen LogP contribution in [-0.2, 0) is 20.8 Å². The first-order chi connectivity index (χ1) is 19.4. The number of fused-ring (bicyclic) bond motifs is 2. The van der Waals surface area contributed by atoms with Gasteiger partial charge in [-0.15, -0.1) is 11.8 Å². The Morgan fingerprint density at radius 2 is 1.62 bits per heavy atom. The van der Waals surface area contributed by atoms with Gasteiger partial charge >= 0.3 is 0 Å². The second-order valence-corrected chi connectivity index (χ2v) is 12.8. The highest BCUT2D eigenvalue weighted by Crippen LogP contribution is 2.61. The van der Waals surface area contributed by atoms with Crippen LogP contribution in [0.25, 0.3) is 0 Å². The van der Waals surface area contributed by atoms with Crippen LogP contribution in [-0.4, -0.2) is 80.4 Å². The van der Waals surface area contributed by atoms with Crippen molar-refractivity contribution in [1.82, 2.24) is 9.80 Å². The smallest absolute Gasteiger partial charge is 0.247 e. The number of benzene rings is 2. The molecular formula is C32H35N3O4S. The van der Waals surface area contributed by atoms with Crippen LogP contribution in [0.3, 0.4) is 0 Å². The molecule has 0 aliphatic carbocycles. The maximum atomic E-state index is 14.6. The van der Waals surface area contributed by atoms with E-state index in [1.165, 1.54) is 0 Å². The molecular weight excluding hydrogens is 522 g/mol. The Morgan fingerprint density at radius 1 is 0.925 bits per heavy atom. The zero-order chi connectivity index (χ0) is 28.0. The molecule has 8 heteroatoms. The van der Waals surface area contributed by atoms with E-state index >= 15 is 0 Å². The first kappa shape index (κ1) is 26.8. The maximum Gasteiger partial charge on any atom is 0.247 e. The molecule has 7 nitrogen and oxygen atoms in total. The molecule has 6 atom stereocenters. The van der Waals surface area contributed by atoms with Gasteiger partial charge < -0.3 is 19.8 Å². The molecule has 6 rings (SSSR count). The monoisotopic (exact) mass is 557 g/mol. The molecule has 0 radical (unpaired) electrons. The molecule has 0 aromatic heterocycles. The van der Waals surface area contributed by atoms with Gasteiger partial charge in [0.05, 0.1) is 29.2 Å². The predicted molar refractivity (Wildman–Crippen MR) is 157 cm³/mol. The summed E-state index contributed by atoms with van der Waals surface area (Å²) in [6.07, 6.45) is 8.50. The lowest BCUT2D eigenvalue weighted by Gasteiger charge is -2.39. The molecule has 0 saturated carbocycles. The summed E-state index contributed by atoms with van der Waals surface area (Å²) >= 11 is 1.57. The van der Waals surface area contributed by atoms with E-state index in [-0.39, 0.29) is 35.6 Å². The van der Waals surface area contributed by atoms with E-state index < -0.39 is 28.7 Å². The third kappa shape index (κ3) is 4.20. The van der Waals surface area contributed by atoms with Crippen molar-refractivity contribution in [2.45, 2.75) is 48.4 Å². The molecule has 3 amide bonds. The highest BCUT2D eigenvalue weighted by molar-refractivity contribution is 8.02. The molecule has 208 valence electrons. The Hall–Kier alpha value is -3.36. The molecule has 1 N–H and O–H groups in total. The fourth-order valence-electron chi connectivity index (χ4n) is 6.93. The van der Waals surface area contributed by atoms with Gasteiger partial charge in [-0.3, -0.25) is 14.4 Å². The number of nitrogens with zero attached hydrogens (tertiary/aromatic N) is 3. The quantitative estimate of drug-likeness (QED) is 0.552. The van der Waals surface area contributed by atoms with Crippen LogP contribution in [0.5, 0.6) is 0 Å². The van der Waals surface area contributed by atoms with Crippen LogP contribution >= 0.6 is 11.8 Å². The summed E-state index contributed by atoms with van der Waals surface area (Å²) in [5.74, 6) is -1.78. The van der Waals surface area contributed by atoms with Gasteiger partial charge in [0.1, 0.15) is 6.04 Å². The van der Waals surface area contributed by atoms with Crippen LogP contribution < -0.4 is 4.90 Å². The van der Waals surface area contributed by atoms with Crippen LogP contribution in [0.1, 0.15) is 19.4 Å². The van der Waals surface area contributed by atoms with E-state index in [1.54, 1.807) is 26.5 Å². The van der Waals surface area contributed by atoms with Gasteiger partial charge in [0.25, 0.3) is 0 Å². The molecule has 2 aromatic carbocycles. The number of amides is 3. The molecule has 4 aliphatic rings. The summed E-state index contributed by atoms with van der Waals surface area (Å²) in [7, 11) is 0. The van der Waals surface area contributed by atoms with Crippen molar-refractivity contribution >= 4 is 35.2 Å². The van der Waals surface area contributed by atoms with Crippen molar-refractivity contribution in [3.8, 4) is 0 Å². The first-order valence-electron chi connectivity index (χ1n) is 14.0. The Kier molecular flexibility index (Phi) is 7.09. The first-order valence-corrected chi connectivity index (χ1v) is 14.9. The maximum absolute atomic E-state index is 14.6. The van der Waals surface area contributed by atoms with Crippen LogP contribution in [0, 0.1) is 11.8 Å². The number of carbonyl (C=O) groups is 3. The van der Waals surface area contributed by atoms with Gasteiger partial charge in [-0.25, -0.2) is 0 Å². The molecule has 1 spiro atoms. The Morgan fingerprint density at radius 3 is 2.30 bits per heavy atom. The lowest BCUT2D eigenvalue weighted by Crippen LogP contribution is -2.57. The zero-order valence-electron chi connectivity index (χ0n) is 22.8. The molecule has 4 heterocycles. The molecule has 40 heavy (non-hydrogen) atoms. The lowest BCUT2D eigenvalue weighted by molar-refractivity contribution is -0.146. The average molecular weight is 558 g/mol. The van der Waals surface area contributed by atoms with Crippen LogP contribution in [0.15, 0.2) is 85.0 Å².